The standard InChI is InChI=1S/C17H13Cl3N2O3S/c1-9(2)21-22-26(23,24)15-7-12-14(8-13(15)19)25-17(16(12)20)10-3-5-11(18)6-4-10/h3-8,22H,1-2H3. The van der Waals surface area contributed by atoms with E-state index in [1.165, 1.54) is 12.1 Å². The molecule has 9 heteroatoms. The van der Waals surface area contributed by atoms with Crippen LogP contribution in [-0.4, -0.2) is 14.1 Å². The maximum absolute atomic E-state index is 12.4. The largest absolute Gasteiger partial charge is 0.454 e. The molecule has 3 rings (SSSR count). The predicted octanol–water partition coefficient (Wildman–Crippen LogP) is 5.73. The van der Waals surface area contributed by atoms with Crippen LogP contribution in [0.25, 0.3) is 22.3 Å². The number of hydrazone groups is 1. The first-order valence-electron chi connectivity index (χ1n) is 7.39. The third-order valence-electron chi connectivity index (χ3n) is 3.47. The van der Waals surface area contributed by atoms with E-state index < -0.39 is 10.0 Å². The molecule has 0 radical (unpaired) electrons. The third-order valence-corrected chi connectivity index (χ3v) is 5.77. The quantitative estimate of drug-likeness (QED) is 0.423. The number of rotatable bonds is 4. The van der Waals surface area contributed by atoms with Gasteiger partial charge < -0.3 is 4.42 Å². The minimum absolute atomic E-state index is 0.00188. The van der Waals surface area contributed by atoms with Crippen molar-refractivity contribution in [3.05, 3.63) is 51.5 Å². The molecular formula is C17H13Cl3N2O3S. The molecule has 136 valence electrons. The number of hydrogen-bond acceptors (Lipinski definition) is 4. The zero-order valence-corrected chi connectivity index (χ0v) is 16.8. The Hall–Kier alpha value is -1.73. The van der Waals surface area contributed by atoms with Crippen LogP contribution in [0.5, 0.6) is 0 Å². The van der Waals surface area contributed by atoms with Gasteiger partial charge in [-0.1, -0.05) is 34.8 Å². The molecule has 0 aliphatic heterocycles. The first-order valence-corrected chi connectivity index (χ1v) is 10.0. The van der Waals surface area contributed by atoms with E-state index in [2.05, 4.69) is 9.93 Å². The van der Waals surface area contributed by atoms with Gasteiger partial charge in [0.05, 0.1) is 10.0 Å². The normalized spacial score (nSPS) is 11.6. The molecule has 0 unspecified atom stereocenters. The number of hydrogen-bond donors (Lipinski definition) is 1. The van der Waals surface area contributed by atoms with E-state index in [0.29, 0.717) is 33.0 Å². The summed E-state index contributed by atoms with van der Waals surface area (Å²) in [5.74, 6) is 0.402. The van der Waals surface area contributed by atoms with Gasteiger partial charge in [0, 0.05) is 27.8 Å². The molecule has 0 bridgehead atoms. The van der Waals surface area contributed by atoms with Crippen LogP contribution in [0, 0.1) is 0 Å². The van der Waals surface area contributed by atoms with Crippen LogP contribution in [0.15, 0.2) is 50.8 Å². The van der Waals surface area contributed by atoms with Gasteiger partial charge in [-0.05, 0) is 44.2 Å². The van der Waals surface area contributed by atoms with Crippen LogP contribution in [-0.2, 0) is 10.0 Å². The number of nitrogens with zero attached hydrogens (tertiary/aromatic N) is 1. The third kappa shape index (κ3) is 3.69. The summed E-state index contributed by atoms with van der Waals surface area (Å²) in [4.78, 5) is 1.99. The van der Waals surface area contributed by atoms with Crippen LogP contribution >= 0.6 is 34.8 Å². The minimum atomic E-state index is -3.94. The average molecular weight is 432 g/mol. The average Bonchev–Trinajstić information content (AvgIpc) is 2.89. The summed E-state index contributed by atoms with van der Waals surface area (Å²) in [6, 6.07) is 9.71. The molecule has 2 aromatic carbocycles. The van der Waals surface area contributed by atoms with Crippen molar-refractivity contribution >= 4 is 61.5 Å². The maximum Gasteiger partial charge on any atom is 0.278 e. The second kappa shape index (κ2) is 7.12. The topological polar surface area (TPSA) is 71.7 Å². The molecule has 0 aliphatic rings. The highest BCUT2D eigenvalue weighted by atomic mass is 35.5. The SMILES string of the molecule is CC(C)=NNS(=O)(=O)c1cc2c(Cl)c(-c3ccc(Cl)cc3)oc2cc1Cl. The van der Waals surface area contributed by atoms with Crippen molar-refractivity contribution in [1.82, 2.24) is 4.83 Å². The molecule has 0 aliphatic carbocycles. The molecule has 1 heterocycles. The van der Waals surface area contributed by atoms with Gasteiger partial charge in [0.1, 0.15) is 10.5 Å². The van der Waals surface area contributed by atoms with Crippen molar-refractivity contribution in [1.29, 1.82) is 0 Å². The summed E-state index contributed by atoms with van der Waals surface area (Å²) in [7, 11) is -3.94. The second-order valence-electron chi connectivity index (χ2n) is 5.68. The van der Waals surface area contributed by atoms with Crippen molar-refractivity contribution in [2.75, 3.05) is 0 Å². The molecule has 1 aromatic heterocycles. The number of sulfonamides is 1. The smallest absolute Gasteiger partial charge is 0.278 e. The van der Waals surface area contributed by atoms with E-state index in [4.69, 9.17) is 39.2 Å². The lowest BCUT2D eigenvalue weighted by molar-refractivity contribution is 0.584. The van der Waals surface area contributed by atoms with Gasteiger partial charge in [-0.25, -0.2) is 4.83 Å². The molecule has 26 heavy (non-hydrogen) atoms. The number of fused-ring (bicyclic) bond motifs is 1. The van der Waals surface area contributed by atoms with E-state index in [0.717, 1.165) is 0 Å². The second-order valence-corrected chi connectivity index (χ2v) is 8.54. The molecular weight excluding hydrogens is 419 g/mol. The summed E-state index contributed by atoms with van der Waals surface area (Å²) in [6.07, 6.45) is 0. The van der Waals surface area contributed by atoms with Gasteiger partial charge >= 0.3 is 0 Å². The van der Waals surface area contributed by atoms with Crippen LogP contribution in [0.2, 0.25) is 15.1 Å². The van der Waals surface area contributed by atoms with Crippen LogP contribution in [0.1, 0.15) is 13.8 Å². The Morgan fingerprint density at radius 1 is 1.08 bits per heavy atom. The number of furan rings is 1. The highest BCUT2D eigenvalue weighted by Crippen LogP contribution is 2.40. The highest BCUT2D eigenvalue weighted by molar-refractivity contribution is 7.89. The number of benzene rings is 2. The van der Waals surface area contributed by atoms with Crippen molar-refractivity contribution in [3.8, 4) is 11.3 Å². The lowest BCUT2D eigenvalue weighted by atomic mass is 10.1. The monoisotopic (exact) mass is 430 g/mol. The molecule has 0 saturated carbocycles. The van der Waals surface area contributed by atoms with E-state index in [1.54, 1.807) is 38.1 Å². The Labute approximate surface area is 165 Å². The molecule has 0 saturated heterocycles. The van der Waals surface area contributed by atoms with Crippen LogP contribution < -0.4 is 4.83 Å². The fourth-order valence-corrected chi connectivity index (χ4v) is 4.13. The van der Waals surface area contributed by atoms with E-state index in [1.807, 2.05) is 0 Å². The van der Waals surface area contributed by atoms with Crippen LogP contribution in [0.3, 0.4) is 0 Å². The first kappa shape index (κ1) is 19.0. The summed E-state index contributed by atoms with van der Waals surface area (Å²) in [5.41, 5.74) is 1.64. The van der Waals surface area contributed by atoms with E-state index >= 15 is 0 Å². The lowest BCUT2D eigenvalue weighted by Crippen LogP contribution is -2.19. The Kier molecular flexibility index (Phi) is 5.21. The molecule has 0 fully saturated rings. The summed E-state index contributed by atoms with van der Waals surface area (Å²) < 4.78 is 30.6. The number of nitrogens with one attached hydrogen (secondary N) is 1. The van der Waals surface area contributed by atoms with Gasteiger partial charge in [-0.15, -0.1) is 0 Å². The first-order chi connectivity index (χ1) is 12.2. The Balaban J connectivity index is 2.15. The lowest BCUT2D eigenvalue weighted by Gasteiger charge is -2.06. The fourth-order valence-electron chi connectivity index (χ4n) is 2.26. The van der Waals surface area contributed by atoms with E-state index in [-0.39, 0.29) is 14.9 Å². The maximum atomic E-state index is 12.4. The minimum Gasteiger partial charge on any atom is -0.454 e. The highest BCUT2D eigenvalue weighted by Gasteiger charge is 2.22. The van der Waals surface area contributed by atoms with Crippen molar-refractivity contribution in [2.45, 2.75) is 18.7 Å². The molecule has 0 amide bonds. The van der Waals surface area contributed by atoms with Crippen molar-refractivity contribution < 1.29 is 12.8 Å². The summed E-state index contributed by atoms with van der Waals surface area (Å²) >= 11 is 18.5. The fraction of sp³-hybridized carbons (Fsp3) is 0.118. The molecule has 1 N–H and O–H groups in total. The van der Waals surface area contributed by atoms with Crippen LogP contribution in [0.4, 0.5) is 0 Å². The molecule has 0 atom stereocenters. The van der Waals surface area contributed by atoms with Gasteiger partial charge in [0.2, 0.25) is 0 Å². The Morgan fingerprint density at radius 2 is 1.73 bits per heavy atom. The zero-order valence-electron chi connectivity index (χ0n) is 13.7. The van der Waals surface area contributed by atoms with Crippen molar-refractivity contribution in [2.24, 2.45) is 5.10 Å². The molecule has 5 nitrogen and oxygen atoms in total. The van der Waals surface area contributed by atoms with Gasteiger partial charge in [-0.2, -0.15) is 13.5 Å². The summed E-state index contributed by atoms with van der Waals surface area (Å²) in [6.45, 7) is 3.33. The van der Waals surface area contributed by atoms with Gasteiger partial charge in [0.15, 0.2) is 5.76 Å². The Morgan fingerprint density at radius 3 is 2.35 bits per heavy atom. The summed E-state index contributed by atoms with van der Waals surface area (Å²) in [5, 5.41) is 5.02. The van der Waals surface area contributed by atoms with Crippen molar-refractivity contribution in [3.63, 3.8) is 0 Å². The number of halogens is 3. The van der Waals surface area contributed by atoms with Gasteiger partial charge in [-0.3, -0.25) is 0 Å². The molecule has 0 spiro atoms. The molecule has 3 aromatic rings. The van der Waals surface area contributed by atoms with Gasteiger partial charge in [0.25, 0.3) is 10.0 Å². The predicted molar refractivity (Wildman–Crippen MR) is 106 cm³/mol. The Bertz CT molecular complexity index is 1120. The van der Waals surface area contributed by atoms with E-state index in [9.17, 15) is 8.42 Å². The zero-order chi connectivity index (χ0) is 19.1.